The Morgan fingerprint density at radius 2 is 2.20 bits per heavy atom. The Morgan fingerprint density at radius 1 is 1.44 bits per heavy atom. The van der Waals surface area contributed by atoms with Crippen LogP contribution in [0.5, 0.6) is 0 Å². The molecule has 0 aromatic heterocycles. The molecular formula is C18H25NO6. The average molecular weight is 351 g/mol. The van der Waals surface area contributed by atoms with E-state index in [1.165, 1.54) is 0 Å². The van der Waals surface area contributed by atoms with Crippen molar-refractivity contribution in [3.8, 4) is 0 Å². The fourth-order valence-corrected chi connectivity index (χ4v) is 3.85. The van der Waals surface area contributed by atoms with E-state index in [1.807, 2.05) is 6.08 Å². The van der Waals surface area contributed by atoms with Crippen LogP contribution in [-0.2, 0) is 19.1 Å². The van der Waals surface area contributed by atoms with E-state index in [0.717, 1.165) is 25.1 Å². The van der Waals surface area contributed by atoms with Crippen LogP contribution in [0, 0.1) is 5.92 Å². The first kappa shape index (κ1) is 18.1. The molecule has 2 fully saturated rings. The highest BCUT2D eigenvalue weighted by Gasteiger charge is 2.46. The molecule has 7 heteroatoms. The number of allylic oxidation sites excluding steroid dienone is 1. The third-order valence-electron chi connectivity index (χ3n) is 5.59. The Kier molecular flexibility index (Phi) is 4.99. The summed E-state index contributed by atoms with van der Waals surface area (Å²) in [7, 11) is 0. The van der Waals surface area contributed by atoms with Crippen molar-refractivity contribution < 1.29 is 29.3 Å². The number of carbonyl (C=O) groups excluding carboxylic acids is 2. The zero-order chi connectivity index (χ0) is 18.2. The van der Waals surface area contributed by atoms with Gasteiger partial charge in [-0.2, -0.15) is 0 Å². The molecule has 0 spiro atoms. The number of rotatable bonds is 1. The summed E-state index contributed by atoms with van der Waals surface area (Å²) in [5.74, 6) is -1.99. The summed E-state index contributed by atoms with van der Waals surface area (Å²) in [6.07, 6.45) is 4.20. The van der Waals surface area contributed by atoms with Crippen LogP contribution in [0.3, 0.4) is 0 Å². The molecule has 0 bridgehead atoms. The maximum Gasteiger partial charge on any atom is 0.341 e. The Labute approximate surface area is 146 Å². The lowest BCUT2D eigenvalue weighted by molar-refractivity contribution is -0.176. The van der Waals surface area contributed by atoms with Crippen LogP contribution in [0.25, 0.3) is 0 Å². The Balaban J connectivity index is 1.93. The topological polar surface area (TPSA) is 96.3 Å². The summed E-state index contributed by atoms with van der Waals surface area (Å²) in [6.45, 7) is 4.12. The zero-order valence-electron chi connectivity index (χ0n) is 14.6. The number of esters is 2. The van der Waals surface area contributed by atoms with Gasteiger partial charge in [-0.1, -0.05) is 19.1 Å². The highest BCUT2D eigenvalue weighted by atomic mass is 16.6. The number of aliphatic hydroxyl groups is 2. The van der Waals surface area contributed by atoms with E-state index in [0.29, 0.717) is 5.57 Å². The molecule has 0 aromatic carbocycles. The van der Waals surface area contributed by atoms with Crippen LogP contribution in [0.4, 0.5) is 0 Å². The number of cyclic esters (lactones) is 1. The molecule has 0 aliphatic carbocycles. The van der Waals surface area contributed by atoms with Gasteiger partial charge in [-0.05, 0) is 25.3 Å². The molecule has 3 heterocycles. The summed E-state index contributed by atoms with van der Waals surface area (Å²) in [6, 6.07) is -0.0890. The maximum absolute atomic E-state index is 12.6. The average Bonchev–Trinajstić information content (AvgIpc) is 3.18. The zero-order valence-corrected chi connectivity index (χ0v) is 14.6. The first-order chi connectivity index (χ1) is 11.9. The molecule has 0 saturated carbocycles. The lowest BCUT2D eigenvalue weighted by Gasteiger charge is -2.32. The van der Waals surface area contributed by atoms with Crippen molar-refractivity contribution in [2.24, 2.45) is 5.92 Å². The predicted octanol–water partition coefficient (Wildman–Crippen LogP) is 0.165. The Morgan fingerprint density at radius 3 is 2.88 bits per heavy atom. The van der Waals surface area contributed by atoms with Gasteiger partial charge in [0, 0.05) is 24.6 Å². The van der Waals surface area contributed by atoms with E-state index in [1.54, 1.807) is 19.9 Å². The number of hydrogen-bond acceptors (Lipinski definition) is 7. The van der Waals surface area contributed by atoms with Gasteiger partial charge in [0.2, 0.25) is 0 Å². The molecule has 138 valence electrons. The van der Waals surface area contributed by atoms with Gasteiger partial charge in [0.25, 0.3) is 0 Å². The molecule has 0 aromatic rings. The summed E-state index contributed by atoms with van der Waals surface area (Å²) in [4.78, 5) is 27.2. The van der Waals surface area contributed by atoms with Gasteiger partial charge in [-0.25, -0.2) is 9.59 Å². The SMILES string of the molecule is CC=C1CC(C)[C@](O)(CO)C(=O)OCC2=CCN3CCC(OC1=O)C23. The largest absolute Gasteiger partial charge is 0.459 e. The number of aliphatic hydroxyl groups excluding tert-OH is 1. The molecule has 3 aliphatic heterocycles. The van der Waals surface area contributed by atoms with E-state index in [-0.39, 0.29) is 25.2 Å². The summed E-state index contributed by atoms with van der Waals surface area (Å²) >= 11 is 0. The highest BCUT2D eigenvalue weighted by molar-refractivity contribution is 5.89. The molecule has 25 heavy (non-hydrogen) atoms. The monoisotopic (exact) mass is 351 g/mol. The second-order valence-corrected chi connectivity index (χ2v) is 7.03. The van der Waals surface area contributed by atoms with Gasteiger partial charge in [0.15, 0.2) is 5.60 Å². The molecule has 0 amide bonds. The van der Waals surface area contributed by atoms with Crippen LogP contribution in [0.15, 0.2) is 23.3 Å². The number of hydrogen-bond donors (Lipinski definition) is 2. The van der Waals surface area contributed by atoms with Gasteiger partial charge in [-0.3, -0.25) is 4.90 Å². The minimum atomic E-state index is -2.05. The summed E-state index contributed by atoms with van der Waals surface area (Å²) in [5, 5.41) is 20.2. The van der Waals surface area contributed by atoms with Gasteiger partial charge in [0.05, 0.1) is 12.6 Å². The van der Waals surface area contributed by atoms with Crippen molar-refractivity contribution >= 4 is 11.9 Å². The van der Waals surface area contributed by atoms with Crippen molar-refractivity contribution in [3.63, 3.8) is 0 Å². The lowest BCUT2D eigenvalue weighted by Crippen LogP contribution is -2.50. The van der Waals surface area contributed by atoms with E-state index >= 15 is 0 Å². The molecule has 3 rings (SSSR count). The molecule has 2 saturated heterocycles. The predicted molar refractivity (Wildman–Crippen MR) is 88.5 cm³/mol. The molecule has 0 radical (unpaired) electrons. The van der Waals surface area contributed by atoms with E-state index in [2.05, 4.69) is 4.90 Å². The van der Waals surface area contributed by atoms with Crippen LogP contribution in [0.2, 0.25) is 0 Å². The minimum Gasteiger partial charge on any atom is -0.459 e. The Hall–Kier alpha value is -1.70. The molecule has 7 nitrogen and oxygen atoms in total. The fourth-order valence-electron chi connectivity index (χ4n) is 3.85. The number of nitrogens with zero attached hydrogens (tertiary/aromatic N) is 1. The normalized spacial score (nSPS) is 38.5. The second-order valence-electron chi connectivity index (χ2n) is 7.03. The minimum absolute atomic E-state index is 0.0273. The van der Waals surface area contributed by atoms with E-state index in [9.17, 15) is 19.8 Å². The maximum atomic E-state index is 12.6. The van der Waals surface area contributed by atoms with Crippen molar-refractivity contribution in [1.82, 2.24) is 4.90 Å². The van der Waals surface area contributed by atoms with Crippen molar-refractivity contribution in [2.45, 2.75) is 44.4 Å². The third kappa shape index (κ3) is 3.12. The van der Waals surface area contributed by atoms with Crippen LogP contribution >= 0.6 is 0 Å². The van der Waals surface area contributed by atoms with Crippen LogP contribution in [-0.4, -0.2) is 71.1 Å². The molecule has 4 atom stereocenters. The molecule has 3 unspecified atom stereocenters. The van der Waals surface area contributed by atoms with Gasteiger partial charge in [0.1, 0.15) is 12.7 Å². The summed E-state index contributed by atoms with van der Waals surface area (Å²) in [5.41, 5.74) is -0.796. The van der Waals surface area contributed by atoms with Gasteiger partial charge >= 0.3 is 11.9 Å². The van der Waals surface area contributed by atoms with Gasteiger partial charge < -0.3 is 19.7 Å². The molecule has 3 aliphatic rings. The second kappa shape index (κ2) is 6.90. The van der Waals surface area contributed by atoms with Crippen LogP contribution < -0.4 is 0 Å². The third-order valence-corrected chi connectivity index (χ3v) is 5.59. The standard InChI is InChI=1S/C18H25NO6/c1-3-12-8-11(2)18(23,10-20)17(22)24-9-13-4-6-19-7-5-14(15(13)19)25-16(12)21/h3-4,11,14-15,20,23H,5-10H2,1-2H3/t11?,14?,15?,18-/m1/s1. The quantitative estimate of drug-likeness (QED) is 0.395. The van der Waals surface area contributed by atoms with Crippen molar-refractivity contribution in [2.75, 3.05) is 26.3 Å². The van der Waals surface area contributed by atoms with Gasteiger partial charge in [-0.15, -0.1) is 0 Å². The summed E-state index contributed by atoms with van der Waals surface area (Å²) < 4.78 is 11.1. The van der Waals surface area contributed by atoms with Crippen molar-refractivity contribution in [3.05, 3.63) is 23.3 Å². The Bertz CT molecular complexity index is 627. The smallest absolute Gasteiger partial charge is 0.341 e. The number of carbonyl (C=O) groups is 2. The van der Waals surface area contributed by atoms with Crippen LogP contribution in [0.1, 0.15) is 26.7 Å². The van der Waals surface area contributed by atoms with Crippen molar-refractivity contribution in [1.29, 1.82) is 0 Å². The highest BCUT2D eigenvalue weighted by Crippen LogP contribution is 2.34. The first-order valence-electron chi connectivity index (χ1n) is 8.70. The number of ether oxygens (including phenoxy) is 2. The van der Waals surface area contributed by atoms with E-state index in [4.69, 9.17) is 9.47 Å². The molecular weight excluding hydrogens is 326 g/mol. The lowest BCUT2D eigenvalue weighted by atomic mass is 9.84. The first-order valence-corrected chi connectivity index (χ1v) is 8.70. The fraction of sp³-hybridized carbons (Fsp3) is 0.667. The molecule has 2 N–H and O–H groups in total. The van der Waals surface area contributed by atoms with E-state index < -0.39 is 30.1 Å².